The fraction of sp³-hybridized carbons (Fsp3) is 0.0213. The quantitative estimate of drug-likeness (QED) is 0.197. The number of aromatic nitrogens is 1. The van der Waals surface area contributed by atoms with Gasteiger partial charge < -0.3 is 9.88 Å². The molecule has 1 atom stereocenters. The molecule has 1 aliphatic rings. The highest BCUT2D eigenvalue weighted by molar-refractivity contribution is 6.28. The lowest BCUT2D eigenvalue weighted by atomic mass is 10.00. The predicted molar refractivity (Wildman–Crippen MR) is 213 cm³/mol. The smallest absolute Gasteiger partial charge is 0.159 e. The zero-order valence-electron chi connectivity index (χ0n) is 27.7. The average molecular weight is 653 g/mol. The molecule has 0 aliphatic carbocycles. The molecule has 4 heteroatoms. The number of amidine groups is 2. The van der Waals surface area contributed by atoms with E-state index < -0.39 is 0 Å². The molecule has 0 bridgehead atoms. The van der Waals surface area contributed by atoms with E-state index >= 15 is 0 Å². The summed E-state index contributed by atoms with van der Waals surface area (Å²) >= 11 is 0. The van der Waals surface area contributed by atoms with Crippen molar-refractivity contribution < 1.29 is 0 Å². The van der Waals surface area contributed by atoms with Crippen LogP contribution in [0.4, 0.5) is 0 Å². The Morgan fingerprint density at radius 3 is 1.73 bits per heavy atom. The Kier molecular flexibility index (Phi) is 6.85. The lowest BCUT2D eigenvalue weighted by Gasteiger charge is -2.24. The molecule has 4 nitrogen and oxygen atoms in total. The van der Waals surface area contributed by atoms with Gasteiger partial charge in [0.25, 0.3) is 0 Å². The van der Waals surface area contributed by atoms with Gasteiger partial charge >= 0.3 is 0 Å². The Bertz CT molecular complexity index is 2740. The Morgan fingerprint density at radius 2 is 1.02 bits per heavy atom. The van der Waals surface area contributed by atoms with Gasteiger partial charge in [0.05, 0.1) is 11.0 Å². The lowest BCUT2D eigenvalue weighted by molar-refractivity contribution is 0.674. The van der Waals surface area contributed by atoms with Gasteiger partial charge in [0.15, 0.2) is 5.84 Å². The Labute approximate surface area is 295 Å². The van der Waals surface area contributed by atoms with E-state index in [1.54, 1.807) is 0 Å². The lowest BCUT2D eigenvalue weighted by Crippen LogP contribution is -2.33. The standard InChI is InChI=1S/C47H32N4/c1-3-13-31(14-4-1)35-19-11-20-36(29-35)46-48-45(34-17-5-2-6-18-34)49-47(50-46)37-21-12-22-38(30-37)51-41-27-25-32-15-7-9-23-39(32)43(41)44-40-24-10-8-16-33(40)26-28-42(44)51/h1-30,45H,(H,48,49,50). The zero-order chi connectivity index (χ0) is 33.7. The van der Waals surface area contributed by atoms with Crippen LogP contribution in [-0.4, -0.2) is 16.2 Å². The van der Waals surface area contributed by atoms with E-state index in [0.29, 0.717) is 5.84 Å². The minimum absolute atomic E-state index is 0.288. The van der Waals surface area contributed by atoms with Crippen molar-refractivity contribution in [1.82, 2.24) is 9.88 Å². The van der Waals surface area contributed by atoms with Crippen molar-refractivity contribution in [3.63, 3.8) is 0 Å². The maximum atomic E-state index is 5.22. The first-order valence-electron chi connectivity index (χ1n) is 17.4. The summed E-state index contributed by atoms with van der Waals surface area (Å²) in [6, 6.07) is 64.5. The van der Waals surface area contributed by atoms with Gasteiger partial charge in [-0.05, 0) is 68.6 Å². The first-order chi connectivity index (χ1) is 25.3. The molecule has 10 rings (SSSR count). The Balaban J connectivity index is 1.16. The molecule has 0 radical (unpaired) electrons. The van der Waals surface area contributed by atoms with E-state index in [0.717, 1.165) is 33.8 Å². The summed E-state index contributed by atoms with van der Waals surface area (Å²) in [6.07, 6.45) is -0.288. The maximum Gasteiger partial charge on any atom is 0.159 e. The molecule has 0 fully saturated rings. The first-order valence-corrected chi connectivity index (χ1v) is 17.4. The van der Waals surface area contributed by atoms with Crippen molar-refractivity contribution in [3.05, 3.63) is 199 Å². The van der Waals surface area contributed by atoms with Gasteiger partial charge in [-0.15, -0.1) is 0 Å². The fourth-order valence-electron chi connectivity index (χ4n) is 7.62. The molecule has 0 spiro atoms. The summed E-state index contributed by atoms with van der Waals surface area (Å²) in [5.74, 6) is 1.49. The van der Waals surface area contributed by atoms with Gasteiger partial charge in [-0.2, -0.15) is 0 Å². The summed E-state index contributed by atoms with van der Waals surface area (Å²) in [5, 5.41) is 11.2. The largest absolute Gasteiger partial charge is 0.344 e. The third kappa shape index (κ3) is 5.00. The molecule has 240 valence electrons. The number of benzene rings is 8. The van der Waals surface area contributed by atoms with Gasteiger partial charge in [0, 0.05) is 27.6 Å². The van der Waals surface area contributed by atoms with Gasteiger partial charge in [-0.1, -0.05) is 152 Å². The van der Waals surface area contributed by atoms with E-state index in [1.165, 1.54) is 48.9 Å². The highest BCUT2D eigenvalue weighted by atomic mass is 15.2. The summed E-state index contributed by atoms with van der Waals surface area (Å²) in [5.41, 5.74) is 8.79. The Morgan fingerprint density at radius 1 is 0.451 bits per heavy atom. The molecule has 9 aromatic rings. The number of fused-ring (bicyclic) bond motifs is 7. The Hall–Kier alpha value is -6.78. The van der Waals surface area contributed by atoms with Crippen LogP contribution < -0.4 is 5.32 Å². The number of nitrogens with zero attached hydrogens (tertiary/aromatic N) is 3. The molecule has 0 saturated carbocycles. The zero-order valence-corrected chi connectivity index (χ0v) is 27.7. The number of hydrogen-bond donors (Lipinski definition) is 1. The van der Waals surface area contributed by atoms with E-state index in [2.05, 4.69) is 180 Å². The molecule has 0 saturated heterocycles. The van der Waals surface area contributed by atoms with Gasteiger partial charge in [0.1, 0.15) is 12.0 Å². The normalized spacial score (nSPS) is 14.5. The molecule has 0 amide bonds. The van der Waals surface area contributed by atoms with Crippen LogP contribution in [0.1, 0.15) is 22.9 Å². The topological polar surface area (TPSA) is 41.7 Å². The van der Waals surface area contributed by atoms with Crippen molar-refractivity contribution in [2.75, 3.05) is 0 Å². The highest BCUT2D eigenvalue weighted by Gasteiger charge is 2.23. The van der Waals surface area contributed by atoms with Gasteiger partial charge in [-0.25, -0.2) is 9.98 Å². The maximum absolute atomic E-state index is 5.22. The summed E-state index contributed by atoms with van der Waals surface area (Å²) in [4.78, 5) is 10.4. The second-order valence-corrected chi connectivity index (χ2v) is 13.1. The second kappa shape index (κ2) is 12.0. The number of nitrogens with one attached hydrogen (secondary N) is 1. The molecule has 2 heterocycles. The van der Waals surface area contributed by atoms with Crippen LogP contribution in [0.2, 0.25) is 0 Å². The van der Waals surface area contributed by atoms with Crippen molar-refractivity contribution in [1.29, 1.82) is 0 Å². The molecule has 1 N–H and O–H groups in total. The fourth-order valence-corrected chi connectivity index (χ4v) is 7.62. The molecule has 1 aromatic heterocycles. The molecule has 8 aromatic carbocycles. The summed E-state index contributed by atoms with van der Waals surface area (Å²) < 4.78 is 2.40. The van der Waals surface area contributed by atoms with Crippen LogP contribution in [0, 0.1) is 0 Å². The van der Waals surface area contributed by atoms with Crippen molar-refractivity contribution >= 4 is 55.0 Å². The van der Waals surface area contributed by atoms with Crippen LogP contribution in [0.15, 0.2) is 192 Å². The molecule has 1 unspecified atom stereocenters. The minimum atomic E-state index is -0.288. The van der Waals surface area contributed by atoms with Crippen LogP contribution in [0.3, 0.4) is 0 Å². The highest BCUT2D eigenvalue weighted by Crippen LogP contribution is 2.40. The van der Waals surface area contributed by atoms with Crippen molar-refractivity contribution in [2.24, 2.45) is 9.98 Å². The van der Waals surface area contributed by atoms with Crippen LogP contribution >= 0.6 is 0 Å². The monoisotopic (exact) mass is 652 g/mol. The third-order valence-electron chi connectivity index (χ3n) is 10.0. The van der Waals surface area contributed by atoms with E-state index in [4.69, 9.17) is 9.98 Å². The SMILES string of the molecule is c1ccc(-c2cccc(C3=NC(c4cccc(-n5c6ccc7ccccc7c6c6c7ccccc7ccc65)c4)=NC(c4ccccc4)N3)c2)cc1. The van der Waals surface area contributed by atoms with E-state index in [1.807, 2.05) is 12.1 Å². The first kappa shape index (κ1) is 29.2. The van der Waals surface area contributed by atoms with Crippen LogP contribution in [-0.2, 0) is 0 Å². The second-order valence-electron chi connectivity index (χ2n) is 13.1. The predicted octanol–water partition coefficient (Wildman–Crippen LogP) is 11.3. The number of hydrogen-bond acceptors (Lipinski definition) is 3. The molecular weight excluding hydrogens is 621 g/mol. The molecule has 51 heavy (non-hydrogen) atoms. The minimum Gasteiger partial charge on any atom is -0.344 e. The summed E-state index contributed by atoms with van der Waals surface area (Å²) in [6.45, 7) is 0. The molecule has 1 aliphatic heterocycles. The van der Waals surface area contributed by atoms with Crippen LogP contribution in [0.5, 0.6) is 0 Å². The van der Waals surface area contributed by atoms with Crippen molar-refractivity contribution in [2.45, 2.75) is 6.17 Å². The van der Waals surface area contributed by atoms with Crippen LogP contribution in [0.25, 0.3) is 60.2 Å². The van der Waals surface area contributed by atoms with Crippen molar-refractivity contribution in [3.8, 4) is 16.8 Å². The summed E-state index contributed by atoms with van der Waals surface area (Å²) in [7, 11) is 0. The molecular formula is C47H32N4. The average Bonchev–Trinajstić information content (AvgIpc) is 3.57. The number of aliphatic imine (C=N–C) groups is 2. The number of rotatable bonds is 5. The van der Waals surface area contributed by atoms with Gasteiger partial charge in [0.2, 0.25) is 0 Å². The van der Waals surface area contributed by atoms with Gasteiger partial charge in [-0.3, -0.25) is 0 Å². The van der Waals surface area contributed by atoms with E-state index in [9.17, 15) is 0 Å². The third-order valence-corrected chi connectivity index (χ3v) is 10.0. The van der Waals surface area contributed by atoms with E-state index in [-0.39, 0.29) is 6.17 Å².